The van der Waals surface area contributed by atoms with Gasteiger partial charge in [-0.25, -0.2) is 4.39 Å². The van der Waals surface area contributed by atoms with Crippen LogP contribution in [-0.2, 0) is 0 Å². The first-order valence-electron chi connectivity index (χ1n) is 3.78. The maximum Gasteiger partial charge on any atom is 0.201 e. The summed E-state index contributed by atoms with van der Waals surface area (Å²) >= 11 is 0. The van der Waals surface area contributed by atoms with Crippen molar-refractivity contribution < 1.29 is 18.0 Å². The van der Waals surface area contributed by atoms with E-state index in [-0.39, 0.29) is 11.5 Å². The molecule has 0 aliphatic rings. The zero-order chi connectivity index (χ0) is 9.97. The molecule has 14 heavy (non-hydrogen) atoms. The number of hydrogen-bond acceptors (Lipinski definition) is 3. The highest BCUT2D eigenvalue weighted by molar-refractivity contribution is 5.29. The number of nitrogens with zero attached hydrogens (tertiary/aromatic N) is 1. The highest BCUT2D eigenvalue weighted by atomic mass is 19.2. The Bertz CT molecular complexity index is 428. The van der Waals surface area contributed by atoms with Crippen molar-refractivity contribution in [2.24, 2.45) is 0 Å². The number of hydrogen-bond donors (Lipinski definition) is 0. The van der Waals surface area contributed by atoms with E-state index < -0.39 is 11.6 Å². The molecule has 1 aromatic carbocycles. The summed E-state index contributed by atoms with van der Waals surface area (Å²) in [6, 6.07) is 3.67. The van der Waals surface area contributed by atoms with Crippen LogP contribution in [0.5, 0.6) is 11.5 Å². The smallest absolute Gasteiger partial charge is 0.201 e. The average Bonchev–Trinajstić information content (AvgIpc) is 2.66. The number of benzene rings is 1. The minimum atomic E-state index is -1.03. The molecule has 0 fully saturated rings. The highest BCUT2D eigenvalue weighted by Gasteiger charge is 2.09. The average molecular weight is 197 g/mol. The van der Waals surface area contributed by atoms with E-state index in [0.717, 1.165) is 6.07 Å². The molecule has 0 saturated heterocycles. The second-order valence-electron chi connectivity index (χ2n) is 2.51. The molecule has 0 atom stereocenters. The van der Waals surface area contributed by atoms with Crippen LogP contribution in [0.1, 0.15) is 0 Å². The molecular formula is C9H5F2NO2. The van der Waals surface area contributed by atoms with Crippen molar-refractivity contribution in [1.29, 1.82) is 0 Å². The SMILES string of the molecule is Fc1cccc(Oc2cnoc2)c1F. The van der Waals surface area contributed by atoms with Gasteiger partial charge in [-0.15, -0.1) is 0 Å². The lowest BCUT2D eigenvalue weighted by molar-refractivity contribution is 0.396. The zero-order valence-electron chi connectivity index (χ0n) is 6.91. The maximum atomic E-state index is 13.0. The number of halogens is 2. The lowest BCUT2D eigenvalue weighted by Gasteiger charge is -2.02. The van der Waals surface area contributed by atoms with Crippen LogP contribution in [0, 0.1) is 11.6 Å². The molecule has 2 aromatic rings. The van der Waals surface area contributed by atoms with Crippen LogP contribution in [0.3, 0.4) is 0 Å². The topological polar surface area (TPSA) is 35.3 Å². The minimum Gasteiger partial charge on any atom is -0.449 e. The maximum absolute atomic E-state index is 13.0. The van der Waals surface area contributed by atoms with E-state index in [2.05, 4.69) is 9.68 Å². The summed E-state index contributed by atoms with van der Waals surface area (Å²) in [5, 5.41) is 3.35. The van der Waals surface area contributed by atoms with Gasteiger partial charge in [0.05, 0.1) is 0 Å². The summed E-state index contributed by atoms with van der Waals surface area (Å²) in [6.07, 6.45) is 2.44. The predicted octanol–water partition coefficient (Wildman–Crippen LogP) is 2.75. The molecule has 1 heterocycles. The van der Waals surface area contributed by atoms with Gasteiger partial charge in [0.25, 0.3) is 0 Å². The Labute approximate surface area is 77.9 Å². The van der Waals surface area contributed by atoms with Crippen LogP contribution in [0.25, 0.3) is 0 Å². The van der Waals surface area contributed by atoms with Crippen LogP contribution in [0.2, 0.25) is 0 Å². The normalized spacial score (nSPS) is 10.1. The quantitative estimate of drug-likeness (QED) is 0.742. The lowest BCUT2D eigenvalue weighted by atomic mass is 10.3. The number of ether oxygens (including phenoxy) is 1. The van der Waals surface area contributed by atoms with Crippen molar-refractivity contribution >= 4 is 0 Å². The summed E-state index contributed by atoms with van der Waals surface area (Å²) in [6.45, 7) is 0. The fourth-order valence-corrected chi connectivity index (χ4v) is 0.935. The van der Waals surface area contributed by atoms with Gasteiger partial charge in [0, 0.05) is 0 Å². The zero-order valence-corrected chi connectivity index (χ0v) is 6.91. The Hall–Kier alpha value is -1.91. The van der Waals surface area contributed by atoms with E-state index in [9.17, 15) is 8.78 Å². The van der Waals surface area contributed by atoms with E-state index in [1.165, 1.54) is 24.6 Å². The Morgan fingerprint density at radius 3 is 2.86 bits per heavy atom. The molecule has 1 aromatic heterocycles. The first-order chi connectivity index (χ1) is 6.77. The van der Waals surface area contributed by atoms with Crippen LogP contribution in [-0.4, -0.2) is 5.16 Å². The predicted molar refractivity (Wildman–Crippen MR) is 42.9 cm³/mol. The van der Waals surface area contributed by atoms with E-state index in [4.69, 9.17) is 4.74 Å². The van der Waals surface area contributed by atoms with Gasteiger partial charge in [0.1, 0.15) is 6.20 Å². The van der Waals surface area contributed by atoms with Gasteiger partial charge >= 0.3 is 0 Å². The minimum absolute atomic E-state index is 0.201. The van der Waals surface area contributed by atoms with Crippen LogP contribution in [0.15, 0.2) is 35.2 Å². The molecule has 72 valence electrons. The first-order valence-corrected chi connectivity index (χ1v) is 3.78. The Kier molecular flexibility index (Phi) is 2.14. The molecular weight excluding hydrogens is 192 g/mol. The molecule has 0 spiro atoms. The van der Waals surface area contributed by atoms with Crippen molar-refractivity contribution in [2.45, 2.75) is 0 Å². The fraction of sp³-hybridized carbons (Fsp3) is 0. The molecule has 5 heteroatoms. The highest BCUT2D eigenvalue weighted by Crippen LogP contribution is 2.24. The molecule has 0 aliphatic heterocycles. The van der Waals surface area contributed by atoms with Gasteiger partial charge in [-0.2, -0.15) is 4.39 Å². The number of aromatic nitrogens is 1. The van der Waals surface area contributed by atoms with Gasteiger partial charge in [-0.1, -0.05) is 11.2 Å². The van der Waals surface area contributed by atoms with Crippen molar-refractivity contribution in [2.75, 3.05) is 0 Å². The molecule has 0 saturated carbocycles. The summed E-state index contributed by atoms with van der Waals surface area (Å²) < 4.78 is 35.2. The fourth-order valence-electron chi connectivity index (χ4n) is 0.935. The van der Waals surface area contributed by atoms with Crippen molar-refractivity contribution in [3.8, 4) is 11.5 Å². The lowest BCUT2D eigenvalue weighted by Crippen LogP contribution is -1.90. The largest absolute Gasteiger partial charge is 0.449 e. The van der Waals surface area contributed by atoms with Crippen molar-refractivity contribution in [3.05, 3.63) is 42.3 Å². The number of rotatable bonds is 2. The van der Waals surface area contributed by atoms with Gasteiger partial charge in [-0.05, 0) is 12.1 Å². The van der Waals surface area contributed by atoms with E-state index in [1.807, 2.05) is 0 Å². The van der Waals surface area contributed by atoms with Crippen LogP contribution >= 0.6 is 0 Å². The molecule has 0 radical (unpaired) electrons. The van der Waals surface area contributed by atoms with Gasteiger partial charge in [-0.3, -0.25) is 0 Å². The summed E-state index contributed by atoms with van der Waals surface area (Å²) in [7, 11) is 0. The Morgan fingerprint density at radius 2 is 2.14 bits per heavy atom. The monoisotopic (exact) mass is 197 g/mol. The summed E-state index contributed by atoms with van der Waals surface area (Å²) in [4.78, 5) is 0. The van der Waals surface area contributed by atoms with Gasteiger partial charge in [0.2, 0.25) is 5.82 Å². The van der Waals surface area contributed by atoms with E-state index in [1.54, 1.807) is 0 Å². The van der Waals surface area contributed by atoms with E-state index in [0.29, 0.717) is 0 Å². The van der Waals surface area contributed by atoms with Crippen molar-refractivity contribution in [3.63, 3.8) is 0 Å². The summed E-state index contributed by atoms with van der Waals surface area (Å²) in [5.74, 6) is -1.98. The third kappa shape index (κ3) is 1.56. The second kappa shape index (κ2) is 3.45. The van der Waals surface area contributed by atoms with Crippen molar-refractivity contribution in [1.82, 2.24) is 5.16 Å². The first kappa shape index (κ1) is 8.68. The summed E-state index contributed by atoms with van der Waals surface area (Å²) in [5.41, 5.74) is 0. The Balaban J connectivity index is 2.29. The molecule has 0 amide bonds. The third-order valence-corrected chi connectivity index (χ3v) is 1.55. The van der Waals surface area contributed by atoms with E-state index >= 15 is 0 Å². The molecule has 0 bridgehead atoms. The molecule has 0 unspecified atom stereocenters. The Morgan fingerprint density at radius 1 is 1.29 bits per heavy atom. The molecule has 0 N–H and O–H groups in total. The van der Waals surface area contributed by atoms with Gasteiger partial charge in [0.15, 0.2) is 23.6 Å². The molecule has 3 nitrogen and oxygen atoms in total. The van der Waals surface area contributed by atoms with Gasteiger partial charge < -0.3 is 9.26 Å². The third-order valence-electron chi connectivity index (χ3n) is 1.55. The standard InChI is InChI=1S/C9H5F2NO2/c10-7-2-1-3-8(9(7)11)14-6-4-12-13-5-6/h1-5H. The van der Waals surface area contributed by atoms with Crippen LogP contribution in [0.4, 0.5) is 8.78 Å². The second-order valence-corrected chi connectivity index (χ2v) is 2.51. The molecule has 0 aliphatic carbocycles. The van der Waals surface area contributed by atoms with Crippen LogP contribution < -0.4 is 4.74 Å². The molecule has 2 rings (SSSR count).